The molecule has 2 aromatic carbocycles. The SMILES string of the molecule is CNC(=O)c1cc(-c2ccc(C)cc2)nc2ccccc12. The van der Waals surface area contributed by atoms with Gasteiger partial charge in [0.2, 0.25) is 0 Å². The van der Waals surface area contributed by atoms with Crippen LogP contribution in [0.3, 0.4) is 0 Å². The van der Waals surface area contributed by atoms with Crippen LogP contribution < -0.4 is 5.32 Å². The lowest BCUT2D eigenvalue weighted by molar-refractivity contribution is 0.0964. The molecule has 0 bridgehead atoms. The van der Waals surface area contributed by atoms with Crippen LogP contribution >= 0.6 is 0 Å². The highest BCUT2D eigenvalue weighted by molar-refractivity contribution is 6.07. The first kappa shape index (κ1) is 13.3. The maximum Gasteiger partial charge on any atom is 0.251 e. The third-order valence-corrected chi connectivity index (χ3v) is 3.54. The number of nitrogens with one attached hydrogen (secondary N) is 1. The van der Waals surface area contributed by atoms with Crippen LogP contribution in [0.4, 0.5) is 0 Å². The van der Waals surface area contributed by atoms with Crippen molar-refractivity contribution in [2.75, 3.05) is 7.05 Å². The molecule has 3 heteroatoms. The van der Waals surface area contributed by atoms with Gasteiger partial charge >= 0.3 is 0 Å². The van der Waals surface area contributed by atoms with Crippen molar-refractivity contribution in [3.63, 3.8) is 0 Å². The van der Waals surface area contributed by atoms with Gasteiger partial charge in [0, 0.05) is 18.0 Å². The Balaban J connectivity index is 2.25. The Kier molecular flexibility index (Phi) is 3.40. The number of aromatic nitrogens is 1. The van der Waals surface area contributed by atoms with Crippen LogP contribution in [0.25, 0.3) is 22.2 Å². The summed E-state index contributed by atoms with van der Waals surface area (Å²) in [6, 6.07) is 17.7. The van der Waals surface area contributed by atoms with E-state index in [0.717, 1.165) is 22.2 Å². The van der Waals surface area contributed by atoms with Gasteiger partial charge in [0.05, 0.1) is 16.8 Å². The van der Waals surface area contributed by atoms with Crippen LogP contribution in [-0.4, -0.2) is 17.9 Å². The molecule has 104 valence electrons. The minimum absolute atomic E-state index is 0.0954. The van der Waals surface area contributed by atoms with Gasteiger partial charge in [-0.05, 0) is 19.1 Å². The normalized spacial score (nSPS) is 10.6. The van der Waals surface area contributed by atoms with Crippen molar-refractivity contribution in [1.82, 2.24) is 10.3 Å². The number of pyridine rings is 1. The average Bonchev–Trinajstić information content (AvgIpc) is 2.53. The van der Waals surface area contributed by atoms with Gasteiger partial charge < -0.3 is 5.32 Å². The summed E-state index contributed by atoms with van der Waals surface area (Å²) in [7, 11) is 1.64. The Morgan fingerprint density at radius 2 is 1.76 bits per heavy atom. The zero-order valence-electron chi connectivity index (χ0n) is 12.1. The summed E-state index contributed by atoms with van der Waals surface area (Å²) in [4.78, 5) is 16.8. The van der Waals surface area contributed by atoms with Gasteiger partial charge in [-0.3, -0.25) is 4.79 Å². The molecule has 3 aromatic rings. The van der Waals surface area contributed by atoms with Crippen molar-refractivity contribution in [2.24, 2.45) is 0 Å². The molecule has 0 unspecified atom stereocenters. The highest BCUT2D eigenvalue weighted by Gasteiger charge is 2.12. The standard InChI is InChI=1S/C18H16N2O/c1-12-7-9-13(10-8-12)17-11-15(18(21)19-2)14-5-3-4-6-16(14)20-17/h3-11H,1-2H3,(H,19,21). The molecule has 3 rings (SSSR count). The largest absolute Gasteiger partial charge is 0.355 e. The fraction of sp³-hybridized carbons (Fsp3) is 0.111. The lowest BCUT2D eigenvalue weighted by atomic mass is 10.0. The number of aryl methyl sites for hydroxylation is 1. The zero-order chi connectivity index (χ0) is 14.8. The molecule has 0 radical (unpaired) electrons. The van der Waals surface area contributed by atoms with Gasteiger partial charge in [0.15, 0.2) is 0 Å². The number of amides is 1. The lowest BCUT2D eigenvalue weighted by Gasteiger charge is -2.09. The lowest BCUT2D eigenvalue weighted by Crippen LogP contribution is -2.18. The topological polar surface area (TPSA) is 42.0 Å². The first-order valence-electron chi connectivity index (χ1n) is 6.88. The smallest absolute Gasteiger partial charge is 0.251 e. The van der Waals surface area contributed by atoms with Crippen molar-refractivity contribution in [3.8, 4) is 11.3 Å². The van der Waals surface area contributed by atoms with E-state index in [2.05, 4.69) is 10.3 Å². The molecule has 0 saturated heterocycles. The third-order valence-electron chi connectivity index (χ3n) is 3.54. The summed E-state index contributed by atoms with van der Waals surface area (Å²) in [5.74, 6) is -0.0954. The van der Waals surface area contributed by atoms with Gasteiger partial charge in [-0.1, -0.05) is 48.0 Å². The number of para-hydroxylation sites is 1. The number of benzene rings is 2. The molecular weight excluding hydrogens is 260 g/mol. The van der Waals surface area contributed by atoms with Gasteiger partial charge in [-0.25, -0.2) is 4.98 Å². The molecule has 21 heavy (non-hydrogen) atoms. The van der Waals surface area contributed by atoms with Crippen LogP contribution in [0, 0.1) is 6.92 Å². The predicted octanol–water partition coefficient (Wildman–Crippen LogP) is 3.57. The van der Waals surface area contributed by atoms with Gasteiger partial charge in [-0.2, -0.15) is 0 Å². The van der Waals surface area contributed by atoms with Crippen LogP contribution in [0.1, 0.15) is 15.9 Å². The number of carbonyl (C=O) groups excluding carboxylic acids is 1. The Morgan fingerprint density at radius 1 is 1.05 bits per heavy atom. The number of hydrogen-bond donors (Lipinski definition) is 1. The summed E-state index contributed by atoms with van der Waals surface area (Å²) in [5, 5.41) is 3.56. The summed E-state index contributed by atoms with van der Waals surface area (Å²) in [5.41, 5.74) is 4.50. The maximum atomic E-state index is 12.1. The molecule has 1 heterocycles. The van der Waals surface area contributed by atoms with Crippen LogP contribution in [0.5, 0.6) is 0 Å². The Labute approximate surface area is 123 Å². The number of fused-ring (bicyclic) bond motifs is 1. The highest BCUT2D eigenvalue weighted by Crippen LogP contribution is 2.25. The van der Waals surface area contributed by atoms with E-state index in [4.69, 9.17) is 0 Å². The molecule has 0 aliphatic rings. The molecular formula is C18H16N2O. The third kappa shape index (κ3) is 2.50. The maximum absolute atomic E-state index is 12.1. The first-order valence-corrected chi connectivity index (χ1v) is 6.88. The molecule has 0 saturated carbocycles. The fourth-order valence-electron chi connectivity index (χ4n) is 2.37. The monoisotopic (exact) mass is 276 g/mol. The van der Waals surface area contributed by atoms with E-state index in [0.29, 0.717) is 5.56 Å². The van der Waals surface area contributed by atoms with Crippen LogP contribution in [0.2, 0.25) is 0 Å². The quantitative estimate of drug-likeness (QED) is 0.777. The second-order valence-electron chi connectivity index (χ2n) is 5.02. The number of nitrogens with zero attached hydrogens (tertiary/aromatic N) is 1. The van der Waals surface area contributed by atoms with Gasteiger partial charge in [-0.15, -0.1) is 0 Å². The van der Waals surface area contributed by atoms with Crippen LogP contribution in [-0.2, 0) is 0 Å². The number of hydrogen-bond acceptors (Lipinski definition) is 2. The summed E-state index contributed by atoms with van der Waals surface area (Å²) < 4.78 is 0. The minimum Gasteiger partial charge on any atom is -0.355 e. The summed E-state index contributed by atoms with van der Waals surface area (Å²) >= 11 is 0. The Morgan fingerprint density at radius 3 is 2.48 bits per heavy atom. The fourth-order valence-corrected chi connectivity index (χ4v) is 2.37. The Hall–Kier alpha value is -2.68. The van der Waals surface area contributed by atoms with E-state index in [1.54, 1.807) is 7.05 Å². The van der Waals surface area contributed by atoms with E-state index < -0.39 is 0 Å². The molecule has 3 nitrogen and oxygen atoms in total. The van der Waals surface area contributed by atoms with Crippen molar-refractivity contribution >= 4 is 16.8 Å². The van der Waals surface area contributed by atoms with E-state index in [9.17, 15) is 4.79 Å². The molecule has 0 aliphatic carbocycles. The number of carbonyl (C=O) groups is 1. The van der Waals surface area contributed by atoms with E-state index in [1.807, 2.05) is 61.5 Å². The second kappa shape index (κ2) is 5.37. The van der Waals surface area contributed by atoms with Crippen molar-refractivity contribution < 1.29 is 4.79 Å². The van der Waals surface area contributed by atoms with Crippen molar-refractivity contribution in [2.45, 2.75) is 6.92 Å². The zero-order valence-corrected chi connectivity index (χ0v) is 12.1. The van der Waals surface area contributed by atoms with E-state index >= 15 is 0 Å². The number of rotatable bonds is 2. The van der Waals surface area contributed by atoms with Crippen molar-refractivity contribution in [3.05, 3.63) is 65.7 Å². The molecule has 0 aliphatic heterocycles. The summed E-state index contributed by atoms with van der Waals surface area (Å²) in [6.45, 7) is 2.05. The molecule has 1 N–H and O–H groups in total. The van der Waals surface area contributed by atoms with Gasteiger partial charge in [0.25, 0.3) is 5.91 Å². The van der Waals surface area contributed by atoms with E-state index in [-0.39, 0.29) is 5.91 Å². The van der Waals surface area contributed by atoms with Gasteiger partial charge in [0.1, 0.15) is 0 Å². The average molecular weight is 276 g/mol. The van der Waals surface area contributed by atoms with Crippen LogP contribution in [0.15, 0.2) is 54.6 Å². The second-order valence-corrected chi connectivity index (χ2v) is 5.02. The van der Waals surface area contributed by atoms with E-state index in [1.165, 1.54) is 5.56 Å². The molecule has 1 aromatic heterocycles. The highest BCUT2D eigenvalue weighted by atomic mass is 16.1. The molecule has 1 amide bonds. The molecule has 0 atom stereocenters. The molecule has 0 spiro atoms. The Bertz CT molecular complexity index is 807. The predicted molar refractivity (Wildman–Crippen MR) is 85.3 cm³/mol. The molecule has 0 fully saturated rings. The summed E-state index contributed by atoms with van der Waals surface area (Å²) in [6.07, 6.45) is 0. The van der Waals surface area contributed by atoms with Crippen molar-refractivity contribution in [1.29, 1.82) is 0 Å². The minimum atomic E-state index is -0.0954. The first-order chi connectivity index (χ1) is 10.2.